The summed E-state index contributed by atoms with van der Waals surface area (Å²) in [6, 6.07) is 11.7. The summed E-state index contributed by atoms with van der Waals surface area (Å²) in [4.78, 5) is 14.7. The predicted octanol–water partition coefficient (Wildman–Crippen LogP) is 4.45. The molecule has 146 valence electrons. The van der Waals surface area contributed by atoms with E-state index in [-0.39, 0.29) is 10.8 Å². The lowest BCUT2D eigenvalue weighted by Crippen LogP contribution is -2.27. The average Bonchev–Trinajstić information content (AvgIpc) is 3.16. The highest BCUT2D eigenvalue weighted by Crippen LogP contribution is 2.26. The summed E-state index contributed by atoms with van der Waals surface area (Å²) in [6.07, 6.45) is 3.26. The maximum absolute atomic E-state index is 12.6. The summed E-state index contributed by atoms with van der Waals surface area (Å²) in [5.41, 5.74) is 1.55. The molecule has 1 aliphatic rings. The number of sulfone groups is 1. The van der Waals surface area contributed by atoms with Crippen LogP contribution >= 0.6 is 0 Å². The van der Waals surface area contributed by atoms with Crippen LogP contribution < -0.4 is 4.74 Å². The zero-order chi connectivity index (χ0) is 20.0. The van der Waals surface area contributed by atoms with Crippen LogP contribution in [0, 0.1) is 6.92 Å². The molecule has 1 heterocycles. The van der Waals surface area contributed by atoms with Crippen molar-refractivity contribution in [1.29, 1.82) is 0 Å². The van der Waals surface area contributed by atoms with E-state index in [1.54, 1.807) is 18.2 Å². The number of aryl methyl sites for hydroxylation is 1. The van der Waals surface area contributed by atoms with Gasteiger partial charge in [-0.15, -0.1) is 0 Å². The Kier molecular flexibility index (Phi) is 7.02. The van der Waals surface area contributed by atoms with E-state index < -0.39 is 9.84 Å². The summed E-state index contributed by atoms with van der Waals surface area (Å²) in [7, 11) is -3.23. The molecule has 0 spiro atoms. The second-order valence-electron chi connectivity index (χ2n) is 6.38. The average molecular weight is 390 g/mol. The lowest BCUT2D eigenvalue weighted by molar-refractivity contribution is 0.0792. The quantitative estimate of drug-likeness (QED) is 0.775. The Labute approximate surface area is 161 Å². The third-order valence-electron chi connectivity index (χ3n) is 4.18. The van der Waals surface area contributed by atoms with Crippen molar-refractivity contribution >= 4 is 15.7 Å². The molecule has 0 unspecified atom stereocenters. The van der Waals surface area contributed by atoms with Crippen molar-refractivity contribution in [1.82, 2.24) is 4.90 Å². The molecule has 2 aromatic carbocycles. The number of carbonyl (C=O) groups excluding carboxylic acids is 1. The number of benzene rings is 2. The highest BCUT2D eigenvalue weighted by molar-refractivity contribution is 7.90. The molecule has 0 aliphatic carbocycles. The summed E-state index contributed by atoms with van der Waals surface area (Å²) in [6.45, 7) is 7.52. The van der Waals surface area contributed by atoms with Crippen LogP contribution in [0.1, 0.15) is 42.6 Å². The molecule has 0 saturated carbocycles. The predicted molar refractivity (Wildman–Crippen MR) is 107 cm³/mol. The third-order valence-corrected chi connectivity index (χ3v) is 5.31. The number of hydrogen-bond donors (Lipinski definition) is 0. The first-order valence-electron chi connectivity index (χ1n) is 9.22. The molecule has 0 N–H and O–H groups in total. The molecule has 1 fully saturated rings. The zero-order valence-corrected chi connectivity index (χ0v) is 17.2. The fraction of sp³-hybridized carbons (Fsp3) is 0.381. The monoisotopic (exact) mass is 389 g/mol. The fourth-order valence-electron chi connectivity index (χ4n) is 2.92. The molecule has 0 bridgehead atoms. The van der Waals surface area contributed by atoms with Crippen molar-refractivity contribution in [3.05, 3.63) is 53.6 Å². The van der Waals surface area contributed by atoms with Crippen LogP contribution in [0.25, 0.3) is 0 Å². The van der Waals surface area contributed by atoms with Crippen LogP contribution in [0.2, 0.25) is 0 Å². The summed E-state index contributed by atoms with van der Waals surface area (Å²) < 4.78 is 28.8. The van der Waals surface area contributed by atoms with Gasteiger partial charge in [0.05, 0.1) is 4.90 Å². The van der Waals surface area contributed by atoms with Crippen molar-refractivity contribution < 1.29 is 17.9 Å². The van der Waals surface area contributed by atoms with Gasteiger partial charge in [0, 0.05) is 24.9 Å². The Hall–Kier alpha value is -2.34. The van der Waals surface area contributed by atoms with Gasteiger partial charge in [-0.3, -0.25) is 4.79 Å². The van der Waals surface area contributed by atoms with Crippen molar-refractivity contribution in [2.75, 3.05) is 19.3 Å². The normalized spacial score (nSPS) is 13.7. The van der Waals surface area contributed by atoms with Gasteiger partial charge in [-0.2, -0.15) is 0 Å². The van der Waals surface area contributed by atoms with Crippen LogP contribution in [0.15, 0.2) is 47.4 Å². The van der Waals surface area contributed by atoms with Crippen molar-refractivity contribution in [2.45, 2.75) is 38.5 Å². The summed E-state index contributed by atoms with van der Waals surface area (Å²) in [5, 5.41) is 0. The maximum atomic E-state index is 12.6. The molecular weight excluding hydrogens is 362 g/mol. The lowest BCUT2D eigenvalue weighted by atomic mass is 10.1. The minimum Gasteiger partial charge on any atom is -0.457 e. The molecule has 0 aromatic heterocycles. The van der Waals surface area contributed by atoms with Crippen LogP contribution in [0.5, 0.6) is 11.5 Å². The smallest absolute Gasteiger partial charge is 0.253 e. The van der Waals surface area contributed by atoms with E-state index in [4.69, 9.17) is 4.74 Å². The van der Waals surface area contributed by atoms with Gasteiger partial charge in [0.25, 0.3) is 5.91 Å². The molecule has 3 rings (SSSR count). The van der Waals surface area contributed by atoms with E-state index in [2.05, 4.69) is 0 Å². The Morgan fingerprint density at radius 1 is 0.963 bits per heavy atom. The SMILES string of the molecule is CC.Cc1cc(Oc2ccc(S(C)(=O)=O)cc2)cc(C(=O)N2CCCC2)c1. The number of rotatable bonds is 4. The van der Waals surface area contributed by atoms with Gasteiger partial charge in [0.2, 0.25) is 0 Å². The van der Waals surface area contributed by atoms with Crippen molar-refractivity contribution in [3.8, 4) is 11.5 Å². The van der Waals surface area contributed by atoms with E-state index in [9.17, 15) is 13.2 Å². The molecule has 27 heavy (non-hydrogen) atoms. The highest BCUT2D eigenvalue weighted by atomic mass is 32.2. The number of amides is 1. The number of likely N-dealkylation sites (tertiary alicyclic amines) is 1. The van der Waals surface area contributed by atoms with Crippen molar-refractivity contribution in [3.63, 3.8) is 0 Å². The largest absolute Gasteiger partial charge is 0.457 e. The van der Waals surface area contributed by atoms with Gasteiger partial charge in [0.15, 0.2) is 9.84 Å². The molecular formula is C21H27NO4S. The number of ether oxygens (including phenoxy) is 1. The van der Waals surface area contributed by atoms with Crippen LogP contribution in [0.3, 0.4) is 0 Å². The van der Waals surface area contributed by atoms with Gasteiger partial charge in [-0.25, -0.2) is 8.42 Å². The Morgan fingerprint density at radius 2 is 1.56 bits per heavy atom. The molecule has 1 amide bonds. The fourth-order valence-corrected chi connectivity index (χ4v) is 3.55. The van der Waals surface area contributed by atoms with E-state index in [1.165, 1.54) is 18.4 Å². The van der Waals surface area contributed by atoms with E-state index in [0.29, 0.717) is 17.1 Å². The first-order chi connectivity index (χ1) is 12.8. The van der Waals surface area contributed by atoms with E-state index in [1.807, 2.05) is 37.8 Å². The minimum absolute atomic E-state index is 0.0264. The first kappa shape index (κ1) is 21.0. The molecule has 0 radical (unpaired) electrons. The van der Waals surface area contributed by atoms with Gasteiger partial charge in [-0.1, -0.05) is 13.8 Å². The second-order valence-corrected chi connectivity index (χ2v) is 8.40. The molecule has 2 aromatic rings. The number of nitrogens with zero attached hydrogens (tertiary/aromatic N) is 1. The van der Waals surface area contributed by atoms with Crippen molar-refractivity contribution in [2.24, 2.45) is 0 Å². The molecule has 6 heteroatoms. The second kappa shape index (κ2) is 9.04. The number of hydrogen-bond acceptors (Lipinski definition) is 4. The molecule has 1 aliphatic heterocycles. The van der Waals surface area contributed by atoms with E-state index in [0.717, 1.165) is 31.5 Å². The van der Waals surface area contributed by atoms with E-state index >= 15 is 0 Å². The Morgan fingerprint density at radius 3 is 2.11 bits per heavy atom. The standard InChI is InChI=1S/C19H21NO4S.C2H6/c1-14-11-15(19(21)20-9-3-4-10-20)13-17(12-14)24-16-5-7-18(8-6-16)25(2,22)23;1-2/h5-8,11-13H,3-4,9-10H2,1-2H3;1-2H3. The Bertz CT molecular complexity index is 883. The Balaban J connectivity index is 0.00000126. The van der Waals surface area contributed by atoms with Crippen LogP contribution in [-0.2, 0) is 9.84 Å². The van der Waals surface area contributed by atoms with Gasteiger partial charge in [0.1, 0.15) is 11.5 Å². The lowest BCUT2D eigenvalue weighted by Gasteiger charge is -2.16. The first-order valence-corrected chi connectivity index (χ1v) is 11.1. The topological polar surface area (TPSA) is 63.7 Å². The highest BCUT2D eigenvalue weighted by Gasteiger charge is 2.20. The van der Waals surface area contributed by atoms with Gasteiger partial charge < -0.3 is 9.64 Å². The van der Waals surface area contributed by atoms with Gasteiger partial charge >= 0.3 is 0 Å². The van der Waals surface area contributed by atoms with Crippen LogP contribution in [0.4, 0.5) is 0 Å². The summed E-state index contributed by atoms with van der Waals surface area (Å²) >= 11 is 0. The molecule has 5 nitrogen and oxygen atoms in total. The van der Waals surface area contributed by atoms with Gasteiger partial charge in [-0.05, 0) is 67.8 Å². The summed E-state index contributed by atoms with van der Waals surface area (Å²) in [5.74, 6) is 1.12. The zero-order valence-electron chi connectivity index (χ0n) is 16.4. The molecule has 0 atom stereocenters. The number of carbonyl (C=O) groups is 1. The molecule has 1 saturated heterocycles. The maximum Gasteiger partial charge on any atom is 0.253 e. The van der Waals surface area contributed by atoms with Crippen LogP contribution in [-0.4, -0.2) is 38.6 Å². The third kappa shape index (κ3) is 5.57. The minimum atomic E-state index is -3.23.